The molecule has 1 fully saturated rings. The molecule has 3 N–H and O–H groups in total. The number of H-pyrrole nitrogens is 1. The number of aromatic amines is 1. The summed E-state index contributed by atoms with van der Waals surface area (Å²) in [7, 11) is 0. The molecule has 0 unspecified atom stereocenters. The fourth-order valence-corrected chi connectivity index (χ4v) is 5.09. The van der Waals surface area contributed by atoms with E-state index in [9.17, 15) is 31.5 Å². The lowest BCUT2D eigenvalue weighted by Crippen LogP contribution is -2.24. The third kappa shape index (κ3) is 9.90. The summed E-state index contributed by atoms with van der Waals surface area (Å²) in [5, 5.41) is 7.25. The highest BCUT2D eigenvalue weighted by molar-refractivity contribution is 7.12. The molecule has 0 aliphatic heterocycles. The van der Waals surface area contributed by atoms with Crippen LogP contribution in [0.3, 0.4) is 0 Å². The third-order valence-corrected chi connectivity index (χ3v) is 7.17. The number of hydrogen-bond acceptors (Lipinski definition) is 4. The highest BCUT2D eigenvalue weighted by atomic mass is 32.1. The standard InChI is InChI=1S/C21H23F3N4O2S.C6H10F2/c1-12(2)14-6-8-31-19(14)20(30)26-11-17-27-15-4-3-13(9-16(15)28-17)10-25-18(29)5-7-21(22,23)24;7-6(8)4-2-1-3-5-6/h3-4,6,8-9,12H,5,7,10-11H2,1-2H3,(H,25,29)(H,26,30)(H,27,28);1-5H2. The van der Waals surface area contributed by atoms with E-state index in [-0.39, 0.29) is 37.8 Å². The normalized spacial score (nSPS) is 15.1. The number of carbonyl (C=O) groups is 2. The first-order valence-electron chi connectivity index (χ1n) is 12.9. The highest BCUT2D eigenvalue weighted by Gasteiger charge is 2.30. The second-order valence-corrected chi connectivity index (χ2v) is 10.8. The van der Waals surface area contributed by atoms with Gasteiger partial charge >= 0.3 is 6.18 Å². The van der Waals surface area contributed by atoms with Crippen LogP contribution in [0.25, 0.3) is 11.0 Å². The van der Waals surface area contributed by atoms with Gasteiger partial charge in [-0.05, 0) is 53.5 Å². The second-order valence-electron chi connectivity index (χ2n) is 9.89. The number of nitrogens with zero attached hydrogens (tertiary/aromatic N) is 1. The molecule has 0 saturated heterocycles. The van der Waals surface area contributed by atoms with Crippen LogP contribution in [0, 0.1) is 0 Å². The molecule has 0 atom stereocenters. The summed E-state index contributed by atoms with van der Waals surface area (Å²) < 4.78 is 61.0. The van der Waals surface area contributed by atoms with Crippen molar-refractivity contribution in [1.29, 1.82) is 0 Å². The maximum atomic E-state index is 12.5. The number of imidazole rings is 1. The van der Waals surface area contributed by atoms with E-state index in [2.05, 4.69) is 20.6 Å². The van der Waals surface area contributed by atoms with Crippen molar-refractivity contribution in [2.45, 2.75) is 89.9 Å². The largest absolute Gasteiger partial charge is 0.389 e. The molecular weight excluding hydrogens is 539 g/mol. The van der Waals surface area contributed by atoms with Crippen molar-refractivity contribution in [2.24, 2.45) is 0 Å². The van der Waals surface area contributed by atoms with E-state index in [0.717, 1.165) is 17.5 Å². The number of thiophene rings is 1. The Bertz CT molecular complexity index is 1240. The zero-order valence-corrected chi connectivity index (χ0v) is 22.7. The van der Waals surface area contributed by atoms with Crippen LogP contribution < -0.4 is 10.6 Å². The van der Waals surface area contributed by atoms with Crippen molar-refractivity contribution < 1.29 is 31.5 Å². The molecule has 1 saturated carbocycles. The van der Waals surface area contributed by atoms with E-state index in [1.54, 1.807) is 18.2 Å². The van der Waals surface area contributed by atoms with Gasteiger partial charge in [-0.15, -0.1) is 11.3 Å². The van der Waals surface area contributed by atoms with Crippen LogP contribution in [0.5, 0.6) is 0 Å². The zero-order valence-electron chi connectivity index (χ0n) is 21.9. The molecule has 4 rings (SSSR count). The Balaban J connectivity index is 0.000000449. The van der Waals surface area contributed by atoms with Crippen molar-refractivity contribution in [3.63, 3.8) is 0 Å². The van der Waals surface area contributed by atoms with Crippen molar-refractivity contribution >= 4 is 34.2 Å². The third-order valence-electron chi connectivity index (χ3n) is 6.25. The van der Waals surface area contributed by atoms with Crippen molar-refractivity contribution in [2.75, 3.05) is 0 Å². The fraction of sp³-hybridized carbons (Fsp3) is 0.519. The SMILES string of the molecule is CC(C)c1ccsc1C(=O)NCc1nc2ccc(CNC(=O)CCC(F)(F)F)cc2[nH]1.FC1(F)CCCCC1. The first-order chi connectivity index (χ1) is 18.3. The van der Waals surface area contributed by atoms with E-state index >= 15 is 0 Å². The molecule has 2 aromatic heterocycles. The Hall–Kier alpha value is -3.02. The van der Waals surface area contributed by atoms with Crippen LogP contribution in [-0.4, -0.2) is 33.9 Å². The fourth-order valence-electron chi connectivity index (χ4n) is 4.12. The molecule has 0 spiro atoms. The van der Waals surface area contributed by atoms with Crippen LogP contribution in [0.15, 0.2) is 29.6 Å². The van der Waals surface area contributed by atoms with E-state index in [1.165, 1.54) is 11.3 Å². The molecule has 3 aromatic rings. The number of halogens is 5. The summed E-state index contributed by atoms with van der Waals surface area (Å²) in [6, 6.07) is 7.23. The predicted octanol–water partition coefficient (Wildman–Crippen LogP) is 7.22. The molecule has 12 heteroatoms. The van der Waals surface area contributed by atoms with Gasteiger partial charge in [0.1, 0.15) is 5.82 Å². The van der Waals surface area contributed by atoms with Crippen LogP contribution in [-0.2, 0) is 17.9 Å². The minimum absolute atomic E-state index is 0.118. The van der Waals surface area contributed by atoms with Crippen molar-refractivity contribution in [1.82, 2.24) is 20.6 Å². The molecule has 1 aliphatic rings. The Morgan fingerprint density at radius 2 is 1.79 bits per heavy atom. The monoisotopic (exact) mass is 572 g/mol. The number of rotatable bonds is 8. The second kappa shape index (κ2) is 13.4. The maximum Gasteiger partial charge on any atom is 0.389 e. The lowest BCUT2D eigenvalue weighted by molar-refractivity contribution is -0.144. The molecule has 0 radical (unpaired) electrons. The molecule has 214 valence electrons. The first kappa shape index (κ1) is 30.5. The molecule has 1 aromatic carbocycles. The molecule has 39 heavy (non-hydrogen) atoms. The van der Waals surface area contributed by atoms with E-state index in [1.807, 2.05) is 25.3 Å². The summed E-state index contributed by atoms with van der Waals surface area (Å²) in [5.74, 6) is -2.29. The highest BCUT2D eigenvalue weighted by Crippen LogP contribution is 2.32. The number of aromatic nitrogens is 2. The van der Waals surface area contributed by atoms with E-state index < -0.39 is 30.8 Å². The molecule has 6 nitrogen and oxygen atoms in total. The number of carbonyl (C=O) groups excluding carboxylic acids is 2. The maximum absolute atomic E-state index is 12.5. The van der Waals surface area contributed by atoms with Crippen LogP contribution in [0.4, 0.5) is 22.0 Å². The Labute approximate surface area is 227 Å². The van der Waals surface area contributed by atoms with Crippen molar-refractivity contribution in [3.05, 3.63) is 51.5 Å². The zero-order chi connectivity index (χ0) is 28.6. The number of nitrogens with one attached hydrogen (secondary N) is 3. The summed E-state index contributed by atoms with van der Waals surface area (Å²) in [4.78, 5) is 32.3. The predicted molar refractivity (Wildman–Crippen MR) is 141 cm³/mol. The van der Waals surface area contributed by atoms with E-state index in [4.69, 9.17) is 0 Å². The van der Waals surface area contributed by atoms with Gasteiger partial charge < -0.3 is 15.6 Å². The quantitative estimate of drug-likeness (QED) is 0.249. The molecule has 0 bridgehead atoms. The van der Waals surface area contributed by atoms with Crippen LogP contribution in [0.2, 0.25) is 0 Å². The number of benzene rings is 1. The topological polar surface area (TPSA) is 86.9 Å². The smallest absolute Gasteiger partial charge is 0.352 e. The first-order valence-corrected chi connectivity index (χ1v) is 13.8. The van der Waals surface area contributed by atoms with Gasteiger partial charge in [0.15, 0.2) is 0 Å². The van der Waals surface area contributed by atoms with Crippen molar-refractivity contribution in [3.8, 4) is 0 Å². The Morgan fingerprint density at radius 3 is 2.41 bits per heavy atom. The average Bonchev–Trinajstić information content (AvgIpc) is 3.51. The minimum Gasteiger partial charge on any atom is -0.352 e. The van der Waals surface area contributed by atoms with E-state index in [0.29, 0.717) is 34.6 Å². The molecular formula is C27H33F5N4O2S. The van der Waals surface area contributed by atoms with Gasteiger partial charge in [0.25, 0.3) is 5.91 Å². The number of hydrogen-bond donors (Lipinski definition) is 3. The molecule has 1 aliphatic carbocycles. The number of fused-ring (bicyclic) bond motifs is 1. The summed E-state index contributed by atoms with van der Waals surface area (Å²) >= 11 is 1.40. The van der Waals surface area contributed by atoms with Gasteiger partial charge in [-0.2, -0.15) is 13.2 Å². The summed E-state index contributed by atoms with van der Waals surface area (Å²) in [6.07, 6.45) is -3.42. The lowest BCUT2D eigenvalue weighted by Gasteiger charge is -2.20. The van der Waals surface area contributed by atoms with Crippen LogP contribution in [0.1, 0.15) is 91.3 Å². The van der Waals surface area contributed by atoms with Gasteiger partial charge in [-0.3, -0.25) is 9.59 Å². The Morgan fingerprint density at radius 1 is 1.08 bits per heavy atom. The molecule has 2 amide bonds. The van der Waals surface area contributed by atoms with Gasteiger partial charge in [0.05, 0.1) is 28.9 Å². The average molecular weight is 573 g/mol. The summed E-state index contributed by atoms with van der Waals surface area (Å²) in [5.41, 5.74) is 3.14. The summed E-state index contributed by atoms with van der Waals surface area (Å²) in [6.45, 7) is 4.42. The van der Waals surface area contributed by atoms with Crippen LogP contribution >= 0.6 is 11.3 Å². The lowest BCUT2D eigenvalue weighted by atomic mass is 9.97. The van der Waals surface area contributed by atoms with Gasteiger partial charge in [0.2, 0.25) is 11.8 Å². The number of alkyl halides is 5. The van der Waals surface area contributed by atoms with Gasteiger partial charge in [-0.25, -0.2) is 13.8 Å². The number of amides is 2. The molecule has 2 heterocycles. The van der Waals surface area contributed by atoms with Gasteiger partial charge in [0, 0.05) is 25.8 Å². The van der Waals surface area contributed by atoms with Gasteiger partial charge in [-0.1, -0.05) is 26.3 Å². The Kier molecular flexibility index (Phi) is 10.5. The minimum atomic E-state index is -4.35.